The molecule has 0 radical (unpaired) electrons. The second-order valence-corrected chi connectivity index (χ2v) is 9.92. The molecular formula is C26H30N6OS. The van der Waals surface area contributed by atoms with Crippen LogP contribution in [0.4, 0.5) is 5.13 Å². The minimum Gasteiger partial charge on any atom is -0.352 e. The minimum atomic E-state index is 0.0460. The zero-order valence-electron chi connectivity index (χ0n) is 19.6. The molecule has 1 N–H and O–H groups in total. The van der Waals surface area contributed by atoms with Crippen LogP contribution in [-0.2, 0) is 11.3 Å². The van der Waals surface area contributed by atoms with Crippen molar-refractivity contribution < 1.29 is 4.79 Å². The van der Waals surface area contributed by atoms with Crippen LogP contribution in [-0.4, -0.2) is 58.3 Å². The lowest BCUT2D eigenvalue weighted by molar-refractivity contribution is -0.120. The number of anilines is 1. The van der Waals surface area contributed by atoms with E-state index in [1.54, 1.807) is 11.3 Å². The monoisotopic (exact) mass is 474 g/mol. The molecule has 0 saturated carbocycles. The van der Waals surface area contributed by atoms with Gasteiger partial charge in [0, 0.05) is 32.7 Å². The van der Waals surface area contributed by atoms with E-state index in [-0.39, 0.29) is 18.5 Å². The van der Waals surface area contributed by atoms with Crippen LogP contribution in [0.15, 0.2) is 60.7 Å². The number of nitrogens with one attached hydrogen (secondary N) is 1. The number of rotatable bonds is 7. The first-order valence-corrected chi connectivity index (χ1v) is 12.6. The summed E-state index contributed by atoms with van der Waals surface area (Å²) in [6.07, 6.45) is 1.96. The second kappa shape index (κ2) is 9.95. The van der Waals surface area contributed by atoms with Crippen LogP contribution in [0.2, 0.25) is 0 Å². The molecule has 2 aromatic carbocycles. The molecule has 2 aromatic heterocycles. The molecular weight excluding hydrogens is 444 g/mol. The number of aromatic nitrogens is 3. The third kappa shape index (κ3) is 4.98. The van der Waals surface area contributed by atoms with Crippen LogP contribution < -0.4 is 10.2 Å². The maximum absolute atomic E-state index is 12.8. The van der Waals surface area contributed by atoms with Gasteiger partial charge in [-0.1, -0.05) is 59.9 Å². The van der Waals surface area contributed by atoms with Crippen LogP contribution in [0.5, 0.6) is 0 Å². The van der Waals surface area contributed by atoms with Crippen molar-refractivity contribution in [3.63, 3.8) is 0 Å². The van der Waals surface area contributed by atoms with Crippen molar-refractivity contribution in [2.75, 3.05) is 31.6 Å². The number of benzene rings is 2. The number of fused-ring (bicyclic) bond motifs is 1. The van der Waals surface area contributed by atoms with Crippen molar-refractivity contribution in [1.82, 2.24) is 25.0 Å². The standard InChI is InChI=1S/C26H30N6OS/c1-19-24-25(32(29-19)22-11-7-4-8-12-22)28-26(34-24)30(2)18-23(33)27-21-13-15-31(16-14-21)17-20-9-5-3-6-10-20/h3-12,21H,13-18H2,1-2H3,(H,27,33). The number of likely N-dealkylation sites (N-methyl/N-ethyl adjacent to an activating group) is 1. The molecule has 7 nitrogen and oxygen atoms in total. The van der Waals surface area contributed by atoms with Gasteiger partial charge in [-0.15, -0.1) is 0 Å². The van der Waals surface area contributed by atoms with Gasteiger partial charge in [0.1, 0.15) is 0 Å². The molecule has 4 aromatic rings. The lowest BCUT2D eigenvalue weighted by atomic mass is 10.0. The van der Waals surface area contributed by atoms with Crippen LogP contribution >= 0.6 is 11.3 Å². The van der Waals surface area contributed by atoms with Gasteiger partial charge in [0.15, 0.2) is 10.8 Å². The van der Waals surface area contributed by atoms with Gasteiger partial charge < -0.3 is 10.2 Å². The predicted molar refractivity (Wildman–Crippen MR) is 138 cm³/mol. The Labute approximate surface area is 204 Å². The summed E-state index contributed by atoms with van der Waals surface area (Å²) in [6.45, 7) is 5.27. The molecule has 176 valence electrons. The van der Waals surface area contributed by atoms with Gasteiger partial charge in [0.05, 0.1) is 22.6 Å². The smallest absolute Gasteiger partial charge is 0.239 e. The Kier molecular flexibility index (Phi) is 6.60. The Balaban J connectivity index is 1.16. The fraction of sp³-hybridized carbons (Fsp3) is 0.346. The Morgan fingerprint density at radius 2 is 1.76 bits per heavy atom. The molecule has 5 rings (SSSR count). The molecule has 0 aliphatic carbocycles. The number of likely N-dealkylation sites (tertiary alicyclic amines) is 1. The number of aryl methyl sites for hydroxylation is 1. The van der Waals surface area contributed by atoms with E-state index in [1.165, 1.54) is 5.56 Å². The molecule has 1 saturated heterocycles. The first-order chi connectivity index (χ1) is 16.6. The highest BCUT2D eigenvalue weighted by atomic mass is 32.1. The zero-order valence-corrected chi connectivity index (χ0v) is 20.5. The summed E-state index contributed by atoms with van der Waals surface area (Å²) in [5.41, 5.74) is 4.11. The largest absolute Gasteiger partial charge is 0.352 e. The van der Waals surface area contributed by atoms with Crippen molar-refractivity contribution >= 4 is 32.7 Å². The first-order valence-electron chi connectivity index (χ1n) is 11.7. The SMILES string of the molecule is Cc1nn(-c2ccccc2)c2nc(N(C)CC(=O)NC3CCN(Cc4ccccc4)CC3)sc12. The number of amides is 1. The maximum Gasteiger partial charge on any atom is 0.239 e. The minimum absolute atomic E-state index is 0.0460. The van der Waals surface area contributed by atoms with Gasteiger partial charge >= 0.3 is 0 Å². The molecule has 0 unspecified atom stereocenters. The van der Waals surface area contributed by atoms with E-state index in [4.69, 9.17) is 4.98 Å². The van der Waals surface area contributed by atoms with Crippen LogP contribution in [0.25, 0.3) is 16.0 Å². The molecule has 8 heteroatoms. The molecule has 0 atom stereocenters. The highest BCUT2D eigenvalue weighted by Crippen LogP contribution is 2.32. The number of hydrogen-bond donors (Lipinski definition) is 1. The zero-order chi connectivity index (χ0) is 23.5. The van der Waals surface area contributed by atoms with Crippen LogP contribution in [0, 0.1) is 6.92 Å². The van der Waals surface area contributed by atoms with Gasteiger partial charge in [0.25, 0.3) is 0 Å². The first kappa shape index (κ1) is 22.6. The summed E-state index contributed by atoms with van der Waals surface area (Å²) in [5, 5.41) is 8.71. The fourth-order valence-corrected chi connectivity index (χ4v) is 5.42. The number of thiazole rings is 1. The second-order valence-electron chi connectivity index (χ2n) is 8.94. The molecule has 0 spiro atoms. The van der Waals surface area contributed by atoms with Gasteiger partial charge in [0.2, 0.25) is 5.91 Å². The summed E-state index contributed by atoms with van der Waals surface area (Å²) >= 11 is 1.58. The third-order valence-corrected chi connectivity index (χ3v) is 7.55. The predicted octanol–water partition coefficient (Wildman–Crippen LogP) is 4.01. The summed E-state index contributed by atoms with van der Waals surface area (Å²) in [7, 11) is 1.93. The van der Waals surface area contributed by atoms with Crippen LogP contribution in [0.3, 0.4) is 0 Å². The van der Waals surface area contributed by atoms with Crippen molar-refractivity contribution in [1.29, 1.82) is 0 Å². The van der Waals surface area contributed by atoms with E-state index in [9.17, 15) is 4.79 Å². The molecule has 0 bridgehead atoms. The topological polar surface area (TPSA) is 66.3 Å². The van der Waals surface area contributed by atoms with E-state index in [0.29, 0.717) is 0 Å². The molecule has 34 heavy (non-hydrogen) atoms. The maximum atomic E-state index is 12.8. The van der Waals surface area contributed by atoms with Crippen LogP contribution in [0.1, 0.15) is 24.1 Å². The molecule has 3 heterocycles. The lowest BCUT2D eigenvalue weighted by Crippen LogP contribution is -2.46. The van der Waals surface area contributed by atoms with Crippen molar-refractivity contribution in [3.8, 4) is 5.69 Å². The normalized spacial score (nSPS) is 15.0. The van der Waals surface area contributed by atoms with Crippen molar-refractivity contribution in [3.05, 3.63) is 71.9 Å². The van der Waals surface area contributed by atoms with E-state index in [0.717, 1.165) is 59.3 Å². The Bertz CT molecular complexity index is 1240. The summed E-state index contributed by atoms with van der Waals surface area (Å²) < 4.78 is 2.93. The highest BCUT2D eigenvalue weighted by Gasteiger charge is 2.22. The average Bonchev–Trinajstić information content (AvgIpc) is 3.42. The molecule has 1 aliphatic heterocycles. The number of carbonyl (C=O) groups excluding carboxylic acids is 1. The van der Waals surface area contributed by atoms with E-state index in [2.05, 4.69) is 45.6 Å². The van der Waals surface area contributed by atoms with Crippen molar-refractivity contribution in [2.24, 2.45) is 0 Å². The number of nitrogens with zero attached hydrogens (tertiary/aromatic N) is 5. The third-order valence-electron chi connectivity index (χ3n) is 6.29. The Morgan fingerprint density at radius 1 is 1.09 bits per heavy atom. The molecule has 1 amide bonds. The average molecular weight is 475 g/mol. The van der Waals surface area contributed by atoms with E-state index < -0.39 is 0 Å². The number of piperidine rings is 1. The Hall–Kier alpha value is -3.23. The van der Waals surface area contributed by atoms with E-state index in [1.807, 2.05) is 53.9 Å². The van der Waals surface area contributed by atoms with Gasteiger partial charge in [-0.05, 0) is 37.5 Å². The fourth-order valence-electron chi connectivity index (χ4n) is 4.47. The highest BCUT2D eigenvalue weighted by molar-refractivity contribution is 7.22. The molecule has 1 fully saturated rings. The number of para-hydroxylation sites is 1. The number of carbonyl (C=O) groups is 1. The van der Waals surface area contributed by atoms with Crippen molar-refractivity contribution in [2.45, 2.75) is 32.4 Å². The summed E-state index contributed by atoms with van der Waals surface area (Å²) in [5.74, 6) is 0.0460. The molecule has 1 aliphatic rings. The lowest BCUT2D eigenvalue weighted by Gasteiger charge is -2.32. The summed E-state index contributed by atoms with van der Waals surface area (Å²) in [6, 6.07) is 20.8. The summed E-state index contributed by atoms with van der Waals surface area (Å²) in [4.78, 5) is 22.0. The quantitative estimate of drug-likeness (QED) is 0.439. The Morgan fingerprint density at radius 3 is 2.47 bits per heavy atom. The van der Waals surface area contributed by atoms with Gasteiger partial charge in [-0.3, -0.25) is 9.69 Å². The number of hydrogen-bond acceptors (Lipinski definition) is 6. The van der Waals surface area contributed by atoms with Gasteiger partial charge in [-0.2, -0.15) is 10.1 Å². The van der Waals surface area contributed by atoms with Gasteiger partial charge in [-0.25, -0.2) is 4.68 Å². The van der Waals surface area contributed by atoms with E-state index >= 15 is 0 Å².